The minimum Gasteiger partial charge on any atom is -0.383 e. The molecule has 4 rings (SSSR count). The molecule has 4 atom stereocenters. The van der Waals surface area contributed by atoms with Gasteiger partial charge in [-0.05, 0) is 19.9 Å². The summed E-state index contributed by atoms with van der Waals surface area (Å²) in [6.07, 6.45) is 3.70. The van der Waals surface area contributed by atoms with Gasteiger partial charge in [0.15, 0.2) is 11.5 Å². The van der Waals surface area contributed by atoms with Crippen LogP contribution < -0.4 is 5.73 Å². The number of rotatable bonds is 2. The number of nitrogen functional groups attached to an aromatic ring is 1. The van der Waals surface area contributed by atoms with Crippen LogP contribution in [-0.4, -0.2) is 38.2 Å². The van der Waals surface area contributed by atoms with E-state index in [-0.39, 0.29) is 12.5 Å². The van der Waals surface area contributed by atoms with Crippen molar-refractivity contribution >= 4 is 16.9 Å². The molecule has 1 saturated carbocycles. The van der Waals surface area contributed by atoms with Crippen molar-refractivity contribution in [2.75, 3.05) is 5.73 Å². The van der Waals surface area contributed by atoms with Gasteiger partial charge in [-0.25, -0.2) is 14.4 Å². The third-order valence-electron chi connectivity index (χ3n) is 4.74. The molecule has 0 radical (unpaired) electrons. The zero-order valence-corrected chi connectivity index (χ0v) is 13.1. The Morgan fingerprint density at radius 2 is 2.22 bits per heavy atom. The second-order valence-electron chi connectivity index (χ2n) is 6.64. The third kappa shape index (κ3) is 2.00. The molecular weight excluding hydrogens is 299 g/mol. The van der Waals surface area contributed by atoms with Gasteiger partial charge in [-0.1, -0.05) is 12.7 Å². The van der Waals surface area contributed by atoms with E-state index in [9.17, 15) is 0 Å². The van der Waals surface area contributed by atoms with Crippen LogP contribution in [0.5, 0.6) is 0 Å². The minimum atomic E-state index is -1.64. The maximum Gasteiger partial charge on any atom is 0.164 e. The molecule has 1 aliphatic heterocycles. The molecule has 0 bridgehead atoms. The lowest BCUT2D eigenvalue weighted by molar-refractivity contribution is -0.166. The van der Waals surface area contributed by atoms with Crippen molar-refractivity contribution in [1.82, 2.24) is 14.5 Å². The molecule has 0 amide bonds. The lowest BCUT2D eigenvalue weighted by atomic mass is 10.0. The summed E-state index contributed by atoms with van der Waals surface area (Å²) in [4.78, 5) is 8.29. The number of alkyl halides is 1. The second kappa shape index (κ2) is 4.52. The topological polar surface area (TPSA) is 75.2 Å². The maximum absolute atomic E-state index is 15.3. The van der Waals surface area contributed by atoms with Crippen molar-refractivity contribution < 1.29 is 13.9 Å². The molecule has 0 unspecified atom stereocenters. The molecule has 2 aliphatic rings. The highest BCUT2D eigenvalue weighted by molar-refractivity contribution is 5.86. The molecule has 122 valence electrons. The van der Waals surface area contributed by atoms with E-state index in [2.05, 4.69) is 16.5 Å². The standard InChI is InChI=1S/C16H19FN4O2/c1-4-16(17)7-10(11-12(16)23-15(2,3)22-11)21-6-5-9-13(18)19-8-20-14(9)21/h4-6,8,10-12H,1,7H2,2-3H3,(H2,18,19,20)/t10-,11+,12+,16-/m1/s1. The smallest absolute Gasteiger partial charge is 0.164 e. The second-order valence-corrected chi connectivity index (χ2v) is 6.64. The van der Waals surface area contributed by atoms with Crippen molar-refractivity contribution in [3.8, 4) is 0 Å². The van der Waals surface area contributed by atoms with Gasteiger partial charge in [-0.3, -0.25) is 0 Å². The Bertz CT molecular complexity index is 789. The Kier molecular flexibility index (Phi) is 2.87. The summed E-state index contributed by atoms with van der Waals surface area (Å²) in [5, 5.41) is 0.747. The molecule has 23 heavy (non-hydrogen) atoms. The van der Waals surface area contributed by atoms with Gasteiger partial charge in [0.2, 0.25) is 0 Å². The van der Waals surface area contributed by atoms with E-state index in [0.29, 0.717) is 11.5 Å². The first kappa shape index (κ1) is 14.6. The monoisotopic (exact) mass is 318 g/mol. The Morgan fingerprint density at radius 3 is 2.96 bits per heavy atom. The molecule has 7 heteroatoms. The Morgan fingerprint density at radius 1 is 1.43 bits per heavy atom. The van der Waals surface area contributed by atoms with Crippen molar-refractivity contribution in [2.24, 2.45) is 0 Å². The first-order chi connectivity index (χ1) is 10.8. The van der Waals surface area contributed by atoms with Gasteiger partial charge in [0.25, 0.3) is 0 Å². The lowest BCUT2D eigenvalue weighted by Gasteiger charge is -2.26. The predicted molar refractivity (Wildman–Crippen MR) is 83.5 cm³/mol. The van der Waals surface area contributed by atoms with E-state index in [4.69, 9.17) is 15.2 Å². The number of hydrogen-bond acceptors (Lipinski definition) is 5. The zero-order chi connectivity index (χ0) is 16.4. The van der Waals surface area contributed by atoms with Crippen molar-refractivity contribution in [3.63, 3.8) is 0 Å². The van der Waals surface area contributed by atoms with Crippen LogP contribution in [0, 0.1) is 0 Å². The van der Waals surface area contributed by atoms with Crippen LogP contribution in [0.4, 0.5) is 10.2 Å². The van der Waals surface area contributed by atoms with Crippen molar-refractivity contribution in [3.05, 3.63) is 31.2 Å². The Labute approximate surface area is 133 Å². The van der Waals surface area contributed by atoms with Crippen LogP contribution in [0.2, 0.25) is 0 Å². The number of anilines is 1. The molecule has 3 heterocycles. The molecule has 0 aromatic carbocycles. The number of aromatic nitrogens is 3. The Balaban J connectivity index is 1.82. The zero-order valence-electron chi connectivity index (χ0n) is 13.1. The molecule has 2 aromatic rings. The number of nitrogens with zero attached hydrogens (tertiary/aromatic N) is 3. The first-order valence-corrected chi connectivity index (χ1v) is 7.60. The average molecular weight is 318 g/mol. The number of nitrogens with two attached hydrogens (primary N) is 1. The number of halogens is 1. The van der Waals surface area contributed by atoms with E-state index in [0.717, 1.165) is 5.39 Å². The summed E-state index contributed by atoms with van der Waals surface area (Å²) in [5.74, 6) is -0.423. The van der Waals surface area contributed by atoms with Crippen LogP contribution in [0.15, 0.2) is 31.2 Å². The van der Waals surface area contributed by atoms with Gasteiger partial charge in [0.05, 0.1) is 11.4 Å². The first-order valence-electron chi connectivity index (χ1n) is 7.60. The van der Waals surface area contributed by atoms with Gasteiger partial charge < -0.3 is 19.8 Å². The fourth-order valence-corrected chi connectivity index (χ4v) is 3.71. The summed E-state index contributed by atoms with van der Waals surface area (Å²) < 4.78 is 29.0. The lowest BCUT2D eigenvalue weighted by Crippen LogP contribution is -2.36. The van der Waals surface area contributed by atoms with Gasteiger partial charge in [-0.2, -0.15) is 0 Å². The van der Waals surface area contributed by atoms with E-state index in [1.165, 1.54) is 12.4 Å². The number of ether oxygens (including phenoxy) is 2. The fraction of sp³-hybridized carbons (Fsp3) is 0.500. The number of fused-ring (bicyclic) bond motifs is 2. The highest BCUT2D eigenvalue weighted by atomic mass is 19.1. The van der Waals surface area contributed by atoms with E-state index >= 15 is 4.39 Å². The molecule has 2 N–H and O–H groups in total. The van der Waals surface area contributed by atoms with E-state index in [1.807, 2.05) is 16.8 Å². The highest BCUT2D eigenvalue weighted by Gasteiger charge is 2.61. The quantitative estimate of drug-likeness (QED) is 0.860. The number of hydrogen-bond donors (Lipinski definition) is 1. The fourth-order valence-electron chi connectivity index (χ4n) is 3.71. The van der Waals surface area contributed by atoms with Gasteiger partial charge in [0, 0.05) is 12.6 Å². The van der Waals surface area contributed by atoms with E-state index in [1.54, 1.807) is 13.8 Å². The predicted octanol–water partition coefficient (Wildman–Crippen LogP) is 2.37. The molecule has 6 nitrogen and oxygen atoms in total. The minimum absolute atomic E-state index is 0.218. The van der Waals surface area contributed by atoms with Crippen LogP contribution in [-0.2, 0) is 9.47 Å². The third-order valence-corrected chi connectivity index (χ3v) is 4.74. The SMILES string of the molecule is C=C[C@@]1(F)C[C@@H](n2ccc3c(N)ncnc32)[C@@H]2OC(C)(C)O[C@@H]21. The highest BCUT2D eigenvalue weighted by Crippen LogP contribution is 2.51. The van der Waals surface area contributed by atoms with Gasteiger partial charge in [0.1, 0.15) is 30.0 Å². The molecule has 2 aromatic heterocycles. The van der Waals surface area contributed by atoms with Crippen LogP contribution >= 0.6 is 0 Å². The Hall–Kier alpha value is -1.99. The summed E-state index contributed by atoms with van der Waals surface area (Å²) >= 11 is 0. The van der Waals surface area contributed by atoms with Crippen molar-refractivity contribution in [1.29, 1.82) is 0 Å². The molecule has 2 fully saturated rings. The molecule has 1 aliphatic carbocycles. The van der Waals surface area contributed by atoms with Crippen LogP contribution in [0.3, 0.4) is 0 Å². The summed E-state index contributed by atoms with van der Waals surface area (Å²) in [6, 6.07) is 1.59. The van der Waals surface area contributed by atoms with Crippen LogP contribution in [0.1, 0.15) is 26.3 Å². The molecular formula is C16H19FN4O2. The maximum atomic E-state index is 15.3. The largest absolute Gasteiger partial charge is 0.383 e. The van der Waals surface area contributed by atoms with Crippen LogP contribution in [0.25, 0.3) is 11.0 Å². The molecule has 1 saturated heterocycles. The van der Waals surface area contributed by atoms with Crippen molar-refractivity contribution in [2.45, 2.75) is 50.0 Å². The normalized spacial score (nSPS) is 35.5. The average Bonchev–Trinajstić information content (AvgIpc) is 3.12. The summed E-state index contributed by atoms with van der Waals surface area (Å²) in [6.45, 7) is 7.23. The van der Waals surface area contributed by atoms with Gasteiger partial charge >= 0.3 is 0 Å². The molecule has 0 spiro atoms. The van der Waals surface area contributed by atoms with E-state index < -0.39 is 23.7 Å². The van der Waals surface area contributed by atoms with Gasteiger partial charge in [-0.15, -0.1) is 0 Å². The summed E-state index contributed by atoms with van der Waals surface area (Å²) in [5.41, 5.74) is 4.92. The summed E-state index contributed by atoms with van der Waals surface area (Å²) in [7, 11) is 0.